The van der Waals surface area contributed by atoms with Gasteiger partial charge >= 0.3 is 0 Å². The monoisotopic (exact) mass is 438 g/mol. The number of carbonyl (C=O) groups is 1. The molecule has 0 unspecified atom stereocenters. The van der Waals surface area contributed by atoms with Gasteiger partial charge in [0, 0.05) is 16.1 Å². The van der Waals surface area contributed by atoms with Crippen LogP contribution >= 0.6 is 27.7 Å². The van der Waals surface area contributed by atoms with Crippen LogP contribution in [0.4, 0.5) is 5.69 Å². The maximum absolute atomic E-state index is 12.2. The number of thioether (sulfide) groups is 1. The third-order valence-electron chi connectivity index (χ3n) is 3.92. The van der Waals surface area contributed by atoms with Gasteiger partial charge in [0.25, 0.3) is 5.91 Å². The Morgan fingerprint density at radius 2 is 1.93 bits per heavy atom. The number of hydrogen-bond acceptors (Lipinski definition) is 4. The lowest BCUT2D eigenvalue weighted by Gasteiger charge is -1.97. The van der Waals surface area contributed by atoms with Crippen LogP contribution in [0.15, 0.2) is 79.5 Å². The zero-order valence-electron chi connectivity index (χ0n) is 14.4. The average Bonchev–Trinajstić information content (AvgIpc) is 3.24. The quantitative estimate of drug-likeness (QED) is 0.517. The number of nitrogens with zero attached hydrogens (tertiary/aromatic N) is 1. The molecule has 0 spiro atoms. The molecule has 4 rings (SSSR count). The SMILES string of the molecule is Cc1ccc(N=C2NC(=O)/C(=C\c3ccc(-c4cccc(Br)c4)o3)S2)cc1. The molecule has 2 heterocycles. The van der Waals surface area contributed by atoms with E-state index in [0.717, 1.165) is 21.5 Å². The van der Waals surface area contributed by atoms with Crippen molar-refractivity contribution in [1.29, 1.82) is 0 Å². The second-order valence-electron chi connectivity index (χ2n) is 6.03. The first-order valence-electron chi connectivity index (χ1n) is 8.29. The predicted octanol–water partition coefficient (Wildman–Crippen LogP) is 5.91. The second kappa shape index (κ2) is 7.58. The third-order valence-corrected chi connectivity index (χ3v) is 5.33. The van der Waals surface area contributed by atoms with Crippen LogP contribution < -0.4 is 5.32 Å². The topological polar surface area (TPSA) is 54.6 Å². The normalized spacial score (nSPS) is 16.9. The number of amides is 1. The van der Waals surface area contributed by atoms with Crippen molar-refractivity contribution in [3.63, 3.8) is 0 Å². The van der Waals surface area contributed by atoms with E-state index < -0.39 is 0 Å². The maximum atomic E-state index is 12.2. The number of carbonyl (C=O) groups excluding carboxylic acids is 1. The Hall–Kier alpha value is -2.57. The van der Waals surface area contributed by atoms with Crippen molar-refractivity contribution in [2.75, 3.05) is 0 Å². The van der Waals surface area contributed by atoms with Gasteiger partial charge in [-0.3, -0.25) is 4.79 Å². The van der Waals surface area contributed by atoms with E-state index in [9.17, 15) is 4.79 Å². The third kappa shape index (κ3) is 4.23. The van der Waals surface area contributed by atoms with Crippen LogP contribution in [-0.4, -0.2) is 11.1 Å². The van der Waals surface area contributed by atoms with Crippen LogP contribution in [0.25, 0.3) is 17.4 Å². The number of halogens is 1. The first-order chi connectivity index (χ1) is 13.1. The van der Waals surface area contributed by atoms with Gasteiger partial charge in [0.2, 0.25) is 0 Å². The van der Waals surface area contributed by atoms with Crippen LogP contribution in [0.5, 0.6) is 0 Å². The minimum Gasteiger partial charge on any atom is -0.457 e. The predicted molar refractivity (Wildman–Crippen MR) is 114 cm³/mol. The smallest absolute Gasteiger partial charge is 0.264 e. The van der Waals surface area contributed by atoms with E-state index in [1.54, 1.807) is 6.08 Å². The van der Waals surface area contributed by atoms with Gasteiger partial charge in [-0.25, -0.2) is 4.99 Å². The number of rotatable bonds is 3. The lowest BCUT2D eigenvalue weighted by atomic mass is 10.2. The summed E-state index contributed by atoms with van der Waals surface area (Å²) in [6.07, 6.45) is 1.74. The summed E-state index contributed by atoms with van der Waals surface area (Å²) in [5.41, 5.74) is 2.94. The van der Waals surface area contributed by atoms with Gasteiger partial charge in [0.1, 0.15) is 11.5 Å². The highest BCUT2D eigenvalue weighted by atomic mass is 79.9. The van der Waals surface area contributed by atoms with Crippen molar-refractivity contribution in [2.45, 2.75) is 6.92 Å². The lowest BCUT2D eigenvalue weighted by molar-refractivity contribution is -0.115. The molecule has 0 saturated carbocycles. The highest BCUT2D eigenvalue weighted by Gasteiger charge is 2.24. The molecule has 1 N–H and O–H groups in total. The fourth-order valence-corrected chi connectivity index (χ4v) is 3.79. The Labute approximate surface area is 169 Å². The molecule has 1 aromatic heterocycles. The fourth-order valence-electron chi connectivity index (χ4n) is 2.57. The molecule has 3 aromatic rings. The van der Waals surface area contributed by atoms with Gasteiger partial charge in [-0.1, -0.05) is 45.8 Å². The van der Waals surface area contributed by atoms with Crippen molar-refractivity contribution in [2.24, 2.45) is 4.99 Å². The molecular formula is C21H15BrN2O2S. The minimum atomic E-state index is -0.175. The van der Waals surface area contributed by atoms with Gasteiger partial charge in [0.15, 0.2) is 5.17 Å². The molecule has 1 aliphatic rings. The Morgan fingerprint density at radius 1 is 1.11 bits per heavy atom. The zero-order chi connectivity index (χ0) is 18.8. The molecule has 0 atom stereocenters. The summed E-state index contributed by atoms with van der Waals surface area (Å²) in [4.78, 5) is 17.3. The first-order valence-corrected chi connectivity index (χ1v) is 9.90. The maximum Gasteiger partial charge on any atom is 0.264 e. The molecular weight excluding hydrogens is 424 g/mol. The molecule has 1 aliphatic heterocycles. The van der Waals surface area contributed by atoms with Crippen molar-refractivity contribution in [1.82, 2.24) is 5.32 Å². The summed E-state index contributed by atoms with van der Waals surface area (Å²) in [5.74, 6) is 1.20. The van der Waals surface area contributed by atoms with E-state index >= 15 is 0 Å². The van der Waals surface area contributed by atoms with E-state index in [1.807, 2.05) is 67.6 Å². The number of benzene rings is 2. The molecule has 2 aromatic carbocycles. The summed E-state index contributed by atoms with van der Waals surface area (Å²) in [6.45, 7) is 2.02. The summed E-state index contributed by atoms with van der Waals surface area (Å²) in [6, 6.07) is 19.5. The molecule has 0 aliphatic carbocycles. The molecule has 1 fully saturated rings. The Morgan fingerprint density at radius 3 is 2.70 bits per heavy atom. The van der Waals surface area contributed by atoms with Crippen LogP contribution in [0, 0.1) is 6.92 Å². The van der Waals surface area contributed by atoms with E-state index in [0.29, 0.717) is 15.8 Å². The van der Waals surface area contributed by atoms with Crippen LogP contribution in [0.2, 0.25) is 0 Å². The molecule has 134 valence electrons. The van der Waals surface area contributed by atoms with Crippen molar-refractivity contribution in [3.05, 3.63) is 81.4 Å². The van der Waals surface area contributed by atoms with Crippen molar-refractivity contribution < 1.29 is 9.21 Å². The van der Waals surface area contributed by atoms with Crippen molar-refractivity contribution in [3.8, 4) is 11.3 Å². The molecule has 1 amide bonds. The number of amidine groups is 1. The first kappa shape index (κ1) is 17.8. The summed E-state index contributed by atoms with van der Waals surface area (Å²) in [5, 5.41) is 3.35. The molecule has 0 bridgehead atoms. The second-order valence-corrected chi connectivity index (χ2v) is 7.98. The van der Waals surface area contributed by atoms with Gasteiger partial charge < -0.3 is 9.73 Å². The Kier molecular flexibility index (Phi) is 5.01. The highest BCUT2D eigenvalue weighted by molar-refractivity contribution is 9.10. The van der Waals surface area contributed by atoms with Gasteiger partial charge in [-0.2, -0.15) is 0 Å². The Bertz CT molecular complexity index is 1070. The van der Waals surface area contributed by atoms with Crippen molar-refractivity contribution >= 4 is 50.5 Å². The zero-order valence-corrected chi connectivity index (χ0v) is 16.8. The number of aliphatic imine (C=N–C) groups is 1. The van der Waals surface area contributed by atoms with Gasteiger partial charge in [-0.15, -0.1) is 0 Å². The number of nitrogens with one attached hydrogen (secondary N) is 1. The largest absolute Gasteiger partial charge is 0.457 e. The summed E-state index contributed by atoms with van der Waals surface area (Å²) in [7, 11) is 0. The summed E-state index contributed by atoms with van der Waals surface area (Å²) >= 11 is 4.76. The van der Waals surface area contributed by atoms with E-state index in [4.69, 9.17) is 4.42 Å². The van der Waals surface area contributed by atoms with E-state index in [-0.39, 0.29) is 5.91 Å². The fraction of sp³-hybridized carbons (Fsp3) is 0.0476. The molecule has 4 nitrogen and oxygen atoms in total. The van der Waals surface area contributed by atoms with E-state index in [2.05, 4.69) is 26.2 Å². The standard InChI is InChI=1S/C21H15BrN2O2S/c1-13-5-7-16(8-6-13)23-21-24-20(25)19(27-21)12-17-9-10-18(26-17)14-3-2-4-15(22)11-14/h2-12H,1H3,(H,23,24,25)/b19-12+. The summed E-state index contributed by atoms with van der Waals surface area (Å²) < 4.78 is 6.86. The van der Waals surface area contributed by atoms with Gasteiger partial charge in [-0.05, 0) is 55.1 Å². The van der Waals surface area contributed by atoms with Gasteiger partial charge in [0.05, 0.1) is 10.6 Å². The van der Waals surface area contributed by atoms with Crippen LogP contribution in [-0.2, 0) is 4.79 Å². The lowest BCUT2D eigenvalue weighted by Crippen LogP contribution is -2.19. The molecule has 27 heavy (non-hydrogen) atoms. The number of furan rings is 1. The van der Waals surface area contributed by atoms with Crippen LogP contribution in [0.3, 0.4) is 0 Å². The molecule has 1 saturated heterocycles. The van der Waals surface area contributed by atoms with E-state index in [1.165, 1.54) is 17.3 Å². The average molecular weight is 439 g/mol. The molecule has 6 heteroatoms. The number of aryl methyl sites for hydroxylation is 1. The minimum absolute atomic E-state index is 0.175. The number of hydrogen-bond donors (Lipinski definition) is 1. The molecule has 0 radical (unpaired) electrons. The highest BCUT2D eigenvalue weighted by Crippen LogP contribution is 2.30. The van der Waals surface area contributed by atoms with Crippen LogP contribution in [0.1, 0.15) is 11.3 Å². The Balaban J connectivity index is 1.54.